The average Bonchev–Trinajstić information content (AvgIpc) is 3.12. The van der Waals surface area contributed by atoms with Gasteiger partial charge in [0.05, 0.1) is 6.42 Å². The molecule has 2 N–H and O–H groups in total. The Kier molecular flexibility index (Phi) is 7.19. The maximum absolute atomic E-state index is 12.6. The van der Waals surface area contributed by atoms with Crippen molar-refractivity contribution in [3.63, 3.8) is 0 Å². The molecule has 188 valence electrons. The van der Waals surface area contributed by atoms with Crippen LogP contribution in [0.25, 0.3) is 0 Å². The molecule has 0 unspecified atom stereocenters. The highest BCUT2D eigenvalue weighted by atomic mass is 32.1. The molecular weight excluding hydrogens is 454 g/mol. The van der Waals surface area contributed by atoms with Crippen LogP contribution in [0.2, 0.25) is 0 Å². The van der Waals surface area contributed by atoms with E-state index in [4.69, 9.17) is 9.84 Å². The van der Waals surface area contributed by atoms with E-state index < -0.39 is 23.9 Å². The average molecular weight is 492 g/mol. The van der Waals surface area contributed by atoms with Crippen molar-refractivity contribution in [1.82, 2.24) is 5.32 Å². The molecule has 4 aliphatic carbocycles. The number of amides is 1. The standard InChI is InChI=1S/C26H37NO6S/c1-25-11-9-16(28)13-15(25)3-4-17-18-5-6-21(26(18,2)12-10-19(17)25)33-23(30)8-7-22(29)27-20(14-34)24(31)32/h13,17-21,34H,3-12,14H2,1-2H3,(H,27,29)(H,31,32)/t17-,18-,19-,20+,21+,25-,26-/m0/s1. The van der Waals surface area contributed by atoms with Crippen LogP contribution in [-0.4, -0.2) is 46.6 Å². The molecule has 8 heteroatoms. The molecule has 0 radical (unpaired) electrons. The van der Waals surface area contributed by atoms with Gasteiger partial charge in [-0.15, -0.1) is 0 Å². The number of nitrogens with one attached hydrogen (secondary N) is 1. The number of ketones is 1. The van der Waals surface area contributed by atoms with Crippen molar-refractivity contribution in [3.05, 3.63) is 11.6 Å². The van der Waals surface area contributed by atoms with Crippen molar-refractivity contribution >= 4 is 36.3 Å². The first kappa shape index (κ1) is 25.3. The lowest BCUT2D eigenvalue weighted by atomic mass is 9.47. The van der Waals surface area contributed by atoms with Gasteiger partial charge in [0.15, 0.2) is 5.78 Å². The van der Waals surface area contributed by atoms with Gasteiger partial charge in [-0.05, 0) is 74.2 Å². The minimum atomic E-state index is -1.15. The van der Waals surface area contributed by atoms with Crippen LogP contribution < -0.4 is 5.32 Å². The number of esters is 1. The van der Waals surface area contributed by atoms with Crippen molar-refractivity contribution in [2.24, 2.45) is 28.6 Å². The minimum absolute atomic E-state index is 0.0118. The van der Waals surface area contributed by atoms with E-state index in [1.807, 2.05) is 6.08 Å². The zero-order valence-corrected chi connectivity index (χ0v) is 21.1. The molecule has 0 bridgehead atoms. The summed E-state index contributed by atoms with van der Waals surface area (Å²) in [5.41, 5.74) is 1.43. The molecule has 4 rings (SSSR count). The van der Waals surface area contributed by atoms with E-state index >= 15 is 0 Å². The van der Waals surface area contributed by atoms with Crippen molar-refractivity contribution in [2.45, 2.75) is 90.2 Å². The van der Waals surface area contributed by atoms with Gasteiger partial charge in [0.2, 0.25) is 5.91 Å². The normalized spacial score (nSPS) is 37.5. The van der Waals surface area contributed by atoms with Crippen LogP contribution in [0, 0.1) is 28.6 Å². The molecule has 0 spiro atoms. The van der Waals surface area contributed by atoms with Crippen LogP contribution in [-0.2, 0) is 23.9 Å². The molecular formula is C26H37NO6S. The number of carbonyl (C=O) groups is 4. The summed E-state index contributed by atoms with van der Waals surface area (Å²) in [5, 5.41) is 11.4. The molecule has 4 aliphatic rings. The molecule has 0 aromatic heterocycles. The second-order valence-electron chi connectivity index (χ2n) is 11.2. The number of hydrogen-bond donors (Lipinski definition) is 3. The van der Waals surface area contributed by atoms with Crippen molar-refractivity contribution in [2.75, 3.05) is 5.75 Å². The van der Waals surface area contributed by atoms with Crippen LogP contribution >= 0.6 is 12.6 Å². The van der Waals surface area contributed by atoms with Gasteiger partial charge in [-0.2, -0.15) is 12.6 Å². The van der Waals surface area contributed by atoms with Crippen molar-refractivity contribution < 1.29 is 29.0 Å². The number of aliphatic carboxylic acids is 1. The molecule has 0 saturated heterocycles. The fourth-order valence-electron chi connectivity index (χ4n) is 7.59. The Bertz CT molecular complexity index is 902. The molecule has 0 aromatic rings. The summed E-state index contributed by atoms with van der Waals surface area (Å²) in [6, 6.07) is -1.06. The molecule has 3 saturated carbocycles. The van der Waals surface area contributed by atoms with Gasteiger partial charge >= 0.3 is 11.9 Å². The third-order valence-corrected chi connectivity index (χ3v) is 9.89. The molecule has 3 fully saturated rings. The van der Waals surface area contributed by atoms with E-state index in [1.54, 1.807) is 0 Å². The number of carboxylic acid groups (broad SMARTS) is 1. The highest BCUT2D eigenvalue weighted by molar-refractivity contribution is 7.80. The number of allylic oxidation sites excluding steroid dienone is 1. The van der Waals surface area contributed by atoms with Crippen LogP contribution in [0.1, 0.15) is 78.1 Å². The molecule has 7 atom stereocenters. The van der Waals surface area contributed by atoms with Gasteiger partial charge in [0.1, 0.15) is 12.1 Å². The Morgan fingerprint density at radius 1 is 1.12 bits per heavy atom. The quantitative estimate of drug-likeness (QED) is 0.370. The third-order valence-electron chi connectivity index (χ3n) is 9.52. The monoisotopic (exact) mass is 491 g/mol. The summed E-state index contributed by atoms with van der Waals surface area (Å²) in [5.74, 6) is -0.0724. The summed E-state index contributed by atoms with van der Waals surface area (Å²) in [7, 11) is 0. The smallest absolute Gasteiger partial charge is 0.327 e. The second-order valence-corrected chi connectivity index (χ2v) is 11.6. The number of rotatable bonds is 7. The summed E-state index contributed by atoms with van der Waals surface area (Å²) in [6.45, 7) is 4.64. The number of hydrogen-bond acceptors (Lipinski definition) is 6. The number of carbonyl (C=O) groups excluding carboxylic acids is 3. The topological polar surface area (TPSA) is 110 Å². The van der Waals surface area contributed by atoms with Crippen molar-refractivity contribution in [3.8, 4) is 0 Å². The molecule has 0 heterocycles. The molecule has 34 heavy (non-hydrogen) atoms. The van der Waals surface area contributed by atoms with E-state index in [0.29, 0.717) is 24.2 Å². The minimum Gasteiger partial charge on any atom is -0.480 e. The SMILES string of the molecule is C[C@]12CC[C@H]3[C@@H](CCC4=CC(=O)CC[C@@]43C)[C@@H]1CC[C@H]2OC(=O)CCC(=O)N[C@H](CS)C(=O)O. The van der Waals surface area contributed by atoms with Crippen LogP contribution in [0.4, 0.5) is 0 Å². The molecule has 1 amide bonds. The Labute approximate surface area is 206 Å². The van der Waals surface area contributed by atoms with E-state index in [1.165, 1.54) is 5.57 Å². The Balaban J connectivity index is 1.35. The van der Waals surface area contributed by atoms with E-state index in [-0.39, 0.29) is 41.3 Å². The number of ether oxygens (including phenoxy) is 1. The number of thiol groups is 1. The van der Waals surface area contributed by atoms with Gasteiger partial charge in [-0.3, -0.25) is 14.4 Å². The lowest BCUT2D eigenvalue weighted by Crippen LogP contribution is -2.51. The first-order valence-electron chi connectivity index (χ1n) is 12.6. The highest BCUT2D eigenvalue weighted by Gasteiger charge is 2.59. The van der Waals surface area contributed by atoms with Gasteiger partial charge in [-0.25, -0.2) is 4.79 Å². The van der Waals surface area contributed by atoms with Crippen LogP contribution in [0.3, 0.4) is 0 Å². The predicted molar refractivity (Wildman–Crippen MR) is 129 cm³/mol. The fraction of sp³-hybridized carbons (Fsp3) is 0.769. The van der Waals surface area contributed by atoms with Crippen molar-refractivity contribution in [1.29, 1.82) is 0 Å². The van der Waals surface area contributed by atoms with Gasteiger partial charge < -0.3 is 15.2 Å². The summed E-state index contributed by atoms with van der Waals surface area (Å²) in [6.07, 6.45) is 9.34. The molecule has 0 aliphatic heterocycles. The first-order valence-corrected chi connectivity index (χ1v) is 13.3. The number of fused-ring (bicyclic) bond motifs is 5. The van der Waals surface area contributed by atoms with Gasteiger partial charge in [0.25, 0.3) is 0 Å². The lowest BCUT2D eigenvalue weighted by molar-refractivity contribution is -0.160. The summed E-state index contributed by atoms with van der Waals surface area (Å²) in [4.78, 5) is 47.7. The fourth-order valence-corrected chi connectivity index (χ4v) is 7.84. The van der Waals surface area contributed by atoms with Gasteiger partial charge in [0, 0.05) is 24.0 Å². The van der Waals surface area contributed by atoms with E-state index in [0.717, 1.165) is 44.9 Å². The predicted octanol–water partition coefficient (Wildman–Crippen LogP) is 3.71. The third kappa shape index (κ3) is 4.54. The van der Waals surface area contributed by atoms with E-state index in [9.17, 15) is 19.2 Å². The zero-order valence-electron chi connectivity index (χ0n) is 20.2. The summed E-state index contributed by atoms with van der Waals surface area (Å²) >= 11 is 3.93. The maximum Gasteiger partial charge on any atom is 0.327 e. The lowest BCUT2D eigenvalue weighted by Gasteiger charge is -2.57. The van der Waals surface area contributed by atoms with E-state index in [2.05, 4.69) is 31.8 Å². The highest BCUT2D eigenvalue weighted by Crippen LogP contribution is 2.65. The zero-order chi connectivity index (χ0) is 24.7. The summed E-state index contributed by atoms with van der Waals surface area (Å²) < 4.78 is 5.93. The second kappa shape index (κ2) is 9.67. The Morgan fingerprint density at radius 2 is 1.88 bits per heavy atom. The molecule has 0 aromatic carbocycles. The van der Waals surface area contributed by atoms with Crippen LogP contribution in [0.15, 0.2) is 11.6 Å². The number of carboxylic acids is 1. The molecule has 7 nitrogen and oxygen atoms in total. The largest absolute Gasteiger partial charge is 0.480 e. The maximum atomic E-state index is 12.6. The Morgan fingerprint density at radius 3 is 2.59 bits per heavy atom. The Hall–Kier alpha value is -1.83. The van der Waals surface area contributed by atoms with Gasteiger partial charge in [-0.1, -0.05) is 19.4 Å². The van der Waals surface area contributed by atoms with Crippen LogP contribution in [0.5, 0.6) is 0 Å². The first-order chi connectivity index (χ1) is 16.1.